The van der Waals surface area contributed by atoms with Crippen LogP contribution in [0.3, 0.4) is 0 Å². The summed E-state index contributed by atoms with van der Waals surface area (Å²) in [4.78, 5) is 31.3. The number of pyridine rings is 1. The molecule has 7 nitrogen and oxygen atoms in total. The van der Waals surface area contributed by atoms with E-state index >= 15 is 0 Å². The molecule has 0 spiro atoms. The molecule has 2 aromatic rings. The van der Waals surface area contributed by atoms with Gasteiger partial charge in [0.1, 0.15) is 5.00 Å². The van der Waals surface area contributed by atoms with Crippen molar-refractivity contribution < 1.29 is 14.3 Å². The van der Waals surface area contributed by atoms with Crippen LogP contribution in [0.15, 0.2) is 24.5 Å². The van der Waals surface area contributed by atoms with Crippen LogP contribution < -0.4 is 10.6 Å². The highest BCUT2D eigenvalue weighted by Gasteiger charge is 2.27. The van der Waals surface area contributed by atoms with Gasteiger partial charge in [-0.3, -0.25) is 9.78 Å². The maximum Gasteiger partial charge on any atom is 0.341 e. The van der Waals surface area contributed by atoms with E-state index in [0.29, 0.717) is 39.8 Å². The summed E-state index contributed by atoms with van der Waals surface area (Å²) in [5, 5.41) is 6.76. The van der Waals surface area contributed by atoms with Gasteiger partial charge in [0.05, 0.1) is 29.4 Å². The molecule has 1 amide bonds. The molecule has 0 saturated carbocycles. The van der Waals surface area contributed by atoms with Crippen LogP contribution in [0.4, 0.5) is 10.7 Å². The number of aromatic nitrogens is 1. The van der Waals surface area contributed by atoms with Crippen LogP contribution >= 0.6 is 23.6 Å². The molecule has 0 fully saturated rings. The fourth-order valence-corrected chi connectivity index (χ4v) is 3.96. The number of hydrogen-bond donors (Lipinski definition) is 2. The van der Waals surface area contributed by atoms with Gasteiger partial charge in [-0.15, -0.1) is 11.3 Å². The number of thiophene rings is 1. The van der Waals surface area contributed by atoms with E-state index in [9.17, 15) is 9.59 Å². The highest BCUT2D eigenvalue weighted by molar-refractivity contribution is 7.80. The predicted molar refractivity (Wildman–Crippen MR) is 112 cm³/mol. The van der Waals surface area contributed by atoms with Gasteiger partial charge in [-0.2, -0.15) is 0 Å². The Labute approximate surface area is 167 Å². The number of esters is 1. The van der Waals surface area contributed by atoms with Crippen LogP contribution in [-0.2, 0) is 4.74 Å². The van der Waals surface area contributed by atoms with Crippen molar-refractivity contribution in [3.8, 4) is 0 Å². The van der Waals surface area contributed by atoms with Crippen LogP contribution in [-0.4, -0.2) is 47.1 Å². The number of nitrogens with one attached hydrogen (secondary N) is 2. The average molecular weight is 407 g/mol. The number of nitrogens with zero attached hydrogens (tertiary/aromatic N) is 2. The Kier molecular flexibility index (Phi) is 7.26. The van der Waals surface area contributed by atoms with Gasteiger partial charge in [0.15, 0.2) is 5.11 Å². The van der Waals surface area contributed by atoms with Crippen molar-refractivity contribution in [3.63, 3.8) is 0 Å². The number of hydrogen-bond acceptors (Lipinski definition) is 6. The van der Waals surface area contributed by atoms with Gasteiger partial charge in [-0.1, -0.05) is 0 Å². The first-order valence-electron chi connectivity index (χ1n) is 8.41. The normalized spacial score (nSPS) is 10.2. The summed E-state index contributed by atoms with van der Waals surface area (Å²) < 4.78 is 4.89. The molecule has 27 heavy (non-hydrogen) atoms. The van der Waals surface area contributed by atoms with E-state index < -0.39 is 5.97 Å². The Hall–Kier alpha value is -2.52. The number of methoxy groups -OCH3 is 1. The molecule has 0 aliphatic carbocycles. The molecule has 2 N–H and O–H groups in total. The lowest BCUT2D eigenvalue weighted by molar-refractivity contribution is 0.0601. The fraction of sp³-hybridized carbons (Fsp3) is 0.333. The van der Waals surface area contributed by atoms with E-state index in [1.807, 2.05) is 19.9 Å². The lowest BCUT2D eigenvalue weighted by Crippen LogP contribution is -2.30. The van der Waals surface area contributed by atoms with Gasteiger partial charge in [0, 0.05) is 19.3 Å². The van der Waals surface area contributed by atoms with Gasteiger partial charge in [-0.25, -0.2) is 4.79 Å². The number of anilines is 2. The first-order valence-corrected chi connectivity index (χ1v) is 9.64. The maximum absolute atomic E-state index is 12.8. The van der Waals surface area contributed by atoms with Crippen LogP contribution in [0.5, 0.6) is 0 Å². The second-order valence-electron chi connectivity index (χ2n) is 5.55. The van der Waals surface area contributed by atoms with Gasteiger partial charge in [-0.05, 0) is 50.7 Å². The van der Waals surface area contributed by atoms with E-state index in [0.717, 1.165) is 0 Å². The van der Waals surface area contributed by atoms with E-state index in [-0.39, 0.29) is 11.0 Å². The molecule has 0 saturated heterocycles. The van der Waals surface area contributed by atoms with E-state index in [1.54, 1.807) is 30.3 Å². The maximum atomic E-state index is 12.8. The van der Waals surface area contributed by atoms with Crippen molar-refractivity contribution in [1.82, 2.24) is 9.88 Å². The average Bonchev–Trinajstić information content (AvgIpc) is 2.98. The molecule has 0 bridgehead atoms. The van der Waals surface area contributed by atoms with E-state index in [4.69, 9.17) is 17.0 Å². The standard InChI is InChI=1S/C18H22N4O3S2/c1-5-22(6-2)16(23)14-11(3)13(17(24)25-4)15(27-14)21-18(26)20-12-8-7-9-19-10-12/h7-10H,5-6H2,1-4H3,(H2,20,21,26). The zero-order chi connectivity index (χ0) is 20.0. The minimum absolute atomic E-state index is 0.119. The number of rotatable bonds is 6. The van der Waals surface area contributed by atoms with Crippen LogP contribution in [0.2, 0.25) is 0 Å². The molecule has 0 radical (unpaired) electrons. The first kappa shape index (κ1) is 20.8. The summed E-state index contributed by atoms with van der Waals surface area (Å²) in [6.07, 6.45) is 3.29. The van der Waals surface area contributed by atoms with Crippen molar-refractivity contribution in [3.05, 3.63) is 40.5 Å². The monoisotopic (exact) mass is 406 g/mol. The van der Waals surface area contributed by atoms with Crippen molar-refractivity contribution in [2.45, 2.75) is 20.8 Å². The smallest absolute Gasteiger partial charge is 0.341 e. The summed E-state index contributed by atoms with van der Waals surface area (Å²) >= 11 is 6.51. The summed E-state index contributed by atoms with van der Waals surface area (Å²) in [7, 11) is 1.31. The van der Waals surface area contributed by atoms with Crippen LogP contribution in [0.25, 0.3) is 0 Å². The van der Waals surface area contributed by atoms with Crippen LogP contribution in [0, 0.1) is 6.92 Å². The molecule has 0 aromatic carbocycles. The molecule has 9 heteroatoms. The molecule has 0 atom stereocenters. The second-order valence-corrected chi connectivity index (χ2v) is 6.98. The molecule has 144 valence electrons. The fourth-order valence-electron chi connectivity index (χ4n) is 2.51. The Balaban J connectivity index is 2.34. The Morgan fingerprint density at radius 1 is 1.30 bits per heavy atom. The Bertz CT molecular complexity index is 833. The number of thiocarbonyl (C=S) groups is 1. The lowest BCUT2D eigenvalue weighted by atomic mass is 10.1. The largest absolute Gasteiger partial charge is 0.465 e. The SMILES string of the molecule is CCN(CC)C(=O)c1sc(NC(=S)Nc2cccnc2)c(C(=O)OC)c1C. The van der Waals surface area contributed by atoms with Crippen molar-refractivity contribution in [1.29, 1.82) is 0 Å². The molecule has 2 heterocycles. The highest BCUT2D eigenvalue weighted by Crippen LogP contribution is 2.34. The van der Waals surface area contributed by atoms with Gasteiger partial charge >= 0.3 is 5.97 Å². The highest BCUT2D eigenvalue weighted by atomic mass is 32.1. The number of carbonyl (C=O) groups is 2. The summed E-state index contributed by atoms with van der Waals surface area (Å²) in [5.74, 6) is -0.638. The number of ether oxygens (including phenoxy) is 1. The summed E-state index contributed by atoms with van der Waals surface area (Å²) in [5.41, 5.74) is 1.60. The third-order valence-electron chi connectivity index (χ3n) is 3.93. The third kappa shape index (κ3) is 4.81. The van der Waals surface area contributed by atoms with Gasteiger partial charge in [0.2, 0.25) is 0 Å². The minimum atomic E-state index is -0.519. The lowest BCUT2D eigenvalue weighted by Gasteiger charge is -2.17. The minimum Gasteiger partial charge on any atom is -0.465 e. The molecular formula is C18H22N4O3S2. The molecule has 0 aliphatic heterocycles. The van der Waals surface area contributed by atoms with Crippen molar-refractivity contribution >= 4 is 51.2 Å². The predicted octanol–water partition coefficient (Wildman–Crippen LogP) is 3.53. The molecule has 2 rings (SSSR count). The van der Waals surface area contributed by atoms with Crippen molar-refractivity contribution in [2.24, 2.45) is 0 Å². The quantitative estimate of drug-likeness (QED) is 0.561. The zero-order valence-corrected chi connectivity index (χ0v) is 17.3. The van der Waals surface area contributed by atoms with E-state index in [1.165, 1.54) is 18.4 Å². The first-order chi connectivity index (χ1) is 12.9. The van der Waals surface area contributed by atoms with E-state index in [2.05, 4.69) is 15.6 Å². The molecular weight excluding hydrogens is 384 g/mol. The number of carbonyl (C=O) groups excluding carboxylic acids is 2. The topological polar surface area (TPSA) is 83.6 Å². The zero-order valence-electron chi connectivity index (χ0n) is 15.7. The molecule has 0 aliphatic rings. The molecule has 0 unspecified atom stereocenters. The summed E-state index contributed by atoms with van der Waals surface area (Å²) in [6, 6.07) is 3.60. The summed E-state index contributed by atoms with van der Waals surface area (Å²) in [6.45, 7) is 6.74. The van der Waals surface area contributed by atoms with Crippen molar-refractivity contribution in [2.75, 3.05) is 30.8 Å². The van der Waals surface area contributed by atoms with Gasteiger partial charge in [0.25, 0.3) is 5.91 Å². The second kappa shape index (κ2) is 9.43. The third-order valence-corrected chi connectivity index (χ3v) is 5.33. The Morgan fingerprint density at radius 3 is 2.56 bits per heavy atom. The van der Waals surface area contributed by atoms with Gasteiger partial charge < -0.3 is 20.3 Å². The number of amides is 1. The molecule has 2 aromatic heterocycles. The van der Waals surface area contributed by atoms with Crippen LogP contribution in [0.1, 0.15) is 39.4 Å². The Morgan fingerprint density at radius 2 is 2.00 bits per heavy atom.